The van der Waals surface area contributed by atoms with Crippen molar-refractivity contribution >= 4 is 13.7 Å². The summed E-state index contributed by atoms with van der Waals surface area (Å²) in [6, 6.07) is -0.841. The van der Waals surface area contributed by atoms with Gasteiger partial charge in [0.05, 0.1) is 39.9 Å². The van der Waals surface area contributed by atoms with Crippen molar-refractivity contribution in [2.75, 3.05) is 40.9 Å². The molecule has 0 fully saturated rings. The normalized spacial score (nSPS) is 14.0. The van der Waals surface area contributed by atoms with Gasteiger partial charge in [0, 0.05) is 6.42 Å². The first kappa shape index (κ1) is 70.0. The van der Waals surface area contributed by atoms with E-state index >= 15 is 0 Å². The lowest BCUT2D eigenvalue weighted by molar-refractivity contribution is -0.870. The fourth-order valence-corrected chi connectivity index (χ4v) is 10.2. The van der Waals surface area contributed by atoms with Gasteiger partial charge in [0.1, 0.15) is 13.2 Å². The van der Waals surface area contributed by atoms with Crippen LogP contribution in [0.5, 0.6) is 0 Å². The Morgan fingerprint density at radius 2 is 0.761 bits per heavy atom. The van der Waals surface area contributed by atoms with Crippen LogP contribution in [0.25, 0.3) is 0 Å². The molecule has 422 valence electrons. The van der Waals surface area contributed by atoms with Gasteiger partial charge in [-0.25, -0.2) is 4.57 Å². The number of unbranched alkanes of at least 4 members (excludes halogenated alkanes) is 43. The number of aliphatic hydroxyl groups excluding tert-OH is 1. The molecule has 0 aliphatic carbocycles. The zero-order valence-corrected chi connectivity index (χ0v) is 49.1. The lowest BCUT2D eigenvalue weighted by atomic mass is 10.0. The fraction of sp³-hybridized carbons (Fsp3) is 0.919. The number of quaternary nitrogens is 1. The molecule has 0 radical (unpaired) electrons. The summed E-state index contributed by atoms with van der Waals surface area (Å²) in [6.45, 7) is 4.82. The Morgan fingerprint density at radius 3 is 1.08 bits per heavy atom. The smallest absolute Gasteiger partial charge is 0.387 e. The van der Waals surface area contributed by atoms with Crippen LogP contribution in [0.15, 0.2) is 24.3 Å². The molecule has 0 spiro atoms. The molecule has 8 nitrogen and oxygen atoms in total. The molecular weight excluding hydrogens is 900 g/mol. The van der Waals surface area contributed by atoms with Crippen LogP contribution < -0.4 is 5.32 Å². The SMILES string of the molecule is CCCCCCCCCC/C=C\CCCCCCCCCCCCCCCCCCCCCCCCCCCCCC(=O)NC(COP(=O)(O)OCC[N+](C)(C)C)C(O)/C=C/CCCCCCCCCC. The third-order valence-corrected chi connectivity index (χ3v) is 15.4. The molecule has 0 aromatic rings. The zero-order chi connectivity index (χ0) is 52.0. The van der Waals surface area contributed by atoms with Crippen molar-refractivity contribution in [1.29, 1.82) is 0 Å². The van der Waals surface area contributed by atoms with E-state index in [1.54, 1.807) is 6.08 Å². The first-order valence-corrected chi connectivity index (χ1v) is 32.7. The average Bonchev–Trinajstić information content (AvgIpc) is 3.33. The van der Waals surface area contributed by atoms with Crippen molar-refractivity contribution < 1.29 is 32.9 Å². The van der Waals surface area contributed by atoms with Gasteiger partial charge in [0.2, 0.25) is 5.91 Å². The molecule has 0 rings (SSSR count). The van der Waals surface area contributed by atoms with Crippen LogP contribution in [0, 0.1) is 0 Å². The number of carbonyl (C=O) groups is 1. The molecule has 0 saturated heterocycles. The van der Waals surface area contributed by atoms with Crippen LogP contribution >= 0.6 is 7.82 Å². The van der Waals surface area contributed by atoms with Crippen molar-refractivity contribution in [2.45, 2.75) is 328 Å². The Hall–Kier alpha value is -1.02. The van der Waals surface area contributed by atoms with Gasteiger partial charge in [-0.05, 0) is 44.9 Å². The van der Waals surface area contributed by atoms with Gasteiger partial charge in [0.15, 0.2) is 0 Å². The molecule has 3 N–H and O–H groups in total. The van der Waals surface area contributed by atoms with Crippen LogP contribution in [-0.2, 0) is 18.4 Å². The quantitative estimate of drug-likeness (QED) is 0.0243. The average molecular weight is 1020 g/mol. The molecule has 0 bridgehead atoms. The summed E-state index contributed by atoms with van der Waals surface area (Å²) in [7, 11) is 1.58. The summed E-state index contributed by atoms with van der Waals surface area (Å²) >= 11 is 0. The first-order valence-electron chi connectivity index (χ1n) is 31.2. The zero-order valence-electron chi connectivity index (χ0n) is 48.2. The van der Waals surface area contributed by atoms with Gasteiger partial charge in [-0.15, -0.1) is 0 Å². The number of phosphoric ester groups is 1. The van der Waals surface area contributed by atoms with Gasteiger partial charge in [-0.3, -0.25) is 13.8 Å². The van der Waals surface area contributed by atoms with Crippen LogP contribution in [-0.4, -0.2) is 73.4 Å². The Bertz CT molecular complexity index is 1210. The maximum atomic E-state index is 12.9. The second kappa shape index (κ2) is 53.8. The number of nitrogens with zero attached hydrogens (tertiary/aromatic N) is 1. The van der Waals surface area contributed by atoms with E-state index in [0.717, 1.165) is 38.5 Å². The summed E-state index contributed by atoms with van der Waals surface area (Å²) in [5, 5.41) is 13.8. The molecule has 1 amide bonds. The fourth-order valence-electron chi connectivity index (χ4n) is 9.51. The van der Waals surface area contributed by atoms with Gasteiger partial charge < -0.3 is 19.8 Å². The number of rotatable bonds is 58. The molecule has 0 aliphatic heterocycles. The molecule has 0 aliphatic rings. The van der Waals surface area contributed by atoms with Gasteiger partial charge in [-0.2, -0.15) is 0 Å². The number of nitrogens with one attached hydrogen (secondary N) is 1. The largest absolute Gasteiger partial charge is 0.472 e. The highest BCUT2D eigenvalue weighted by molar-refractivity contribution is 7.47. The Kier molecular flexibility index (Phi) is 53.0. The molecule has 9 heteroatoms. The van der Waals surface area contributed by atoms with Crippen molar-refractivity contribution in [3.8, 4) is 0 Å². The van der Waals surface area contributed by atoms with Crippen LogP contribution in [0.2, 0.25) is 0 Å². The number of likely N-dealkylation sites (N-methyl/N-ethyl adjacent to an activating group) is 1. The lowest BCUT2D eigenvalue weighted by Gasteiger charge is -2.25. The van der Waals surface area contributed by atoms with Crippen LogP contribution in [0.3, 0.4) is 0 Å². The summed E-state index contributed by atoms with van der Waals surface area (Å²) in [5.74, 6) is -0.173. The molecular formula is C62H124N2O6P+. The van der Waals surface area contributed by atoms with E-state index in [0.29, 0.717) is 17.4 Å². The Labute approximate surface area is 443 Å². The third-order valence-electron chi connectivity index (χ3n) is 14.4. The number of phosphoric acid groups is 1. The molecule has 3 unspecified atom stereocenters. The third kappa shape index (κ3) is 56.5. The predicted molar refractivity (Wildman–Crippen MR) is 309 cm³/mol. The van der Waals surface area contributed by atoms with E-state index < -0.39 is 20.0 Å². The van der Waals surface area contributed by atoms with Crippen LogP contribution in [0.1, 0.15) is 316 Å². The van der Waals surface area contributed by atoms with E-state index in [4.69, 9.17) is 9.05 Å². The number of amides is 1. The standard InChI is InChI=1S/C62H123N2O6P/c1-6-8-10-12-14-16-18-19-20-21-22-23-24-25-26-27-28-29-30-31-32-33-34-35-36-37-38-39-40-41-42-43-44-45-46-48-50-52-54-56-62(66)63-60(59-70-71(67,68)69-58-57-64(3,4)5)61(65)55-53-51-49-47-17-15-13-11-9-7-2/h21-22,53,55,60-61,65H,6-20,23-52,54,56-59H2,1-5H3,(H-,63,66,67,68)/p+1/b22-21-,55-53+. The van der Waals surface area contributed by atoms with E-state index in [2.05, 4.69) is 31.3 Å². The van der Waals surface area contributed by atoms with Gasteiger partial charge >= 0.3 is 7.82 Å². The highest BCUT2D eigenvalue weighted by Gasteiger charge is 2.27. The van der Waals surface area contributed by atoms with E-state index in [1.165, 1.54) is 257 Å². The molecule has 71 heavy (non-hydrogen) atoms. The van der Waals surface area contributed by atoms with Crippen molar-refractivity contribution in [2.24, 2.45) is 0 Å². The summed E-state index contributed by atoms with van der Waals surface area (Å²) in [6.07, 6.45) is 69.1. The number of carbonyl (C=O) groups excluding carboxylic acids is 1. The van der Waals surface area contributed by atoms with Gasteiger partial charge in [-0.1, -0.05) is 289 Å². The lowest BCUT2D eigenvalue weighted by Crippen LogP contribution is -2.45. The van der Waals surface area contributed by atoms with Crippen LogP contribution in [0.4, 0.5) is 0 Å². The topological polar surface area (TPSA) is 105 Å². The van der Waals surface area contributed by atoms with Crippen molar-refractivity contribution in [3.63, 3.8) is 0 Å². The maximum Gasteiger partial charge on any atom is 0.472 e. The summed E-state index contributed by atoms with van der Waals surface area (Å²) in [5.41, 5.74) is 0. The molecule has 0 aromatic heterocycles. The second-order valence-electron chi connectivity index (χ2n) is 22.8. The van der Waals surface area contributed by atoms with Crippen molar-refractivity contribution in [1.82, 2.24) is 5.32 Å². The molecule has 0 saturated carbocycles. The van der Waals surface area contributed by atoms with Crippen molar-refractivity contribution in [3.05, 3.63) is 24.3 Å². The highest BCUT2D eigenvalue weighted by atomic mass is 31.2. The number of hydrogen-bond donors (Lipinski definition) is 3. The number of hydrogen-bond acceptors (Lipinski definition) is 5. The predicted octanol–water partition coefficient (Wildman–Crippen LogP) is 19.2. The highest BCUT2D eigenvalue weighted by Crippen LogP contribution is 2.43. The Balaban J connectivity index is 3.78. The minimum Gasteiger partial charge on any atom is -0.387 e. The molecule has 3 atom stereocenters. The monoisotopic (exact) mass is 1020 g/mol. The minimum absolute atomic E-state index is 0.0640. The van der Waals surface area contributed by atoms with E-state index in [9.17, 15) is 19.4 Å². The van der Waals surface area contributed by atoms with E-state index in [-0.39, 0.29) is 19.1 Å². The first-order chi connectivity index (χ1) is 34.5. The molecule has 0 aromatic carbocycles. The maximum absolute atomic E-state index is 12.9. The number of allylic oxidation sites excluding steroid dienone is 3. The summed E-state index contributed by atoms with van der Waals surface area (Å²) < 4.78 is 23.6. The van der Waals surface area contributed by atoms with Gasteiger partial charge in [0.25, 0.3) is 0 Å². The minimum atomic E-state index is -4.34. The van der Waals surface area contributed by atoms with E-state index in [1.807, 2.05) is 27.2 Å². The second-order valence-corrected chi connectivity index (χ2v) is 24.2. The molecule has 0 heterocycles. The summed E-state index contributed by atoms with van der Waals surface area (Å²) in [4.78, 5) is 23.2. The number of aliphatic hydroxyl groups is 1. The Morgan fingerprint density at radius 1 is 0.465 bits per heavy atom.